The topological polar surface area (TPSA) is 54.9 Å². The van der Waals surface area contributed by atoms with E-state index in [0.717, 1.165) is 24.1 Å². The summed E-state index contributed by atoms with van der Waals surface area (Å²) in [7, 11) is 0. The van der Waals surface area contributed by atoms with Crippen molar-refractivity contribution in [2.24, 2.45) is 0 Å². The van der Waals surface area contributed by atoms with Crippen LogP contribution >= 0.6 is 11.6 Å². The number of ketones is 1. The minimum Gasteiger partial charge on any atom is -0.341 e. The summed E-state index contributed by atoms with van der Waals surface area (Å²) in [6, 6.07) is 0. The van der Waals surface area contributed by atoms with Crippen molar-refractivity contribution in [1.29, 1.82) is 0 Å². The molecule has 0 fully saturated rings. The van der Waals surface area contributed by atoms with Gasteiger partial charge < -0.3 is 5.32 Å². The lowest BCUT2D eigenvalue weighted by Gasteiger charge is -2.18. The second-order valence-electron chi connectivity index (χ2n) is 3.70. The van der Waals surface area contributed by atoms with E-state index in [-0.39, 0.29) is 5.78 Å². The van der Waals surface area contributed by atoms with E-state index in [0.29, 0.717) is 17.4 Å². The van der Waals surface area contributed by atoms with Crippen LogP contribution < -0.4 is 5.32 Å². The fourth-order valence-corrected chi connectivity index (χ4v) is 1.83. The minimum atomic E-state index is 0.189. The average molecular weight is 238 g/mol. The quantitative estimate of drug-likeness (QED) is 0.859. The van der Waals surface area contributed by atoms with Crippen LogP contribution in [0.5, 0.6) is 0 Å². The van der Waals surface area contributed by atoms with Gasteiger partial charge in [0.1, 0.15) is 0 Å². The van der Waals surface area contributed by atoms with Crippen LogP contribution in [0.4, 0.5) is 5.82 Å². The van der Waals surface area contributed by atoms with Gasteiger partial charge in [0, 0.05) is 30.1 Å². The van der Waals surface area contributed by atoms with Crippen LogP contribution in [0.2, 0.25) is 5.15 Å². The van der Waals surface area contributed by atoms with E-state index in [4.69, 9.17) is 11.6 Å². The molecule has 0 aromatic carbocycles. The van der Waals surface area contributed by atoms with Crippen LogP contribution in [-0.2, 0) is 4.79 Å². The molecule has 0 aliphatic heterocycles. The Bertz CT molecular complexity index is 456. The van der Waals surface area contributed by atoms with Crippen LogP contribution in [0.3, 0.4) is 0 Å². The number of hydrogen-bond donors (Lipinski definition) is 1. The first-order chi connectivity index (χ1) is 7.68. The molecule has 1 aromatic heterocycles. The first kappa shape index (κ1) is 11.1. The van der Waals surface area contributed by atoms with Crippen molar-refractivity contribution in [2.75, 3.05) is 5.32 Å². The molecule has 1 N–H and O–H groups in total. The van der Waals surface area contributed by atoms with E-state index >= 15 is 0 Å². The number of Topliss-reactive ketones (excluding diaryl/α,β-unsaturated/α-hetero) is 1. The van der Waals surface area contributed by atoms with Crippen molar-refractivity contribution >= 4 is 23.2 Å². The van der Waals surface area contributed by atoms with Crippen molar-refractivity contribution in [3.05, 3.63) is 28.8 Å². The molecule has 0 saturated heterocycles. The Labute approximate surface area is 98.7 Å². The Morgan fingerprint density at radius 2 is 2.06 bits per heavy atom. The highest BCUT2D eigenvalue weighted by Gasteiger charge is 2.17. The molecule has 4 nitrogen and oxygen atoms in total. The Hall–Kier alpha value is -1.42. The van der Waals surface area contributed by atoms with Gasteiger partial charge in [-0.15, -0.1) is 0 Å². The van der Waals surface area contributed by atoms with E-state index in [2.05, 4.69) is 15.3 Å². The summed E-state index contributed by atoms with van der Waals surface area (Å²) in [5.41, 5.74) is 1.67. The van der Waals surface area contributed by atoms with Crippen LogP contribution in [0.15, 0.2) is 23.7 Å². The van der Waals surface area contributed by atoms with Crippen molar-refractivity contribution < 1.29 is 4.79 Å². The van der Waals surface area contributed by atoms with E-state index < -0.39 is 0 Å². The van der Waals surface area contributed by atoms with Gasteiger partial charge >= 0.3 is 0 Å². The summed E-state index contributed by atoms with van der Waals surface area (Å²) in [5, 5.41) is 3.40. The third-order valence-electron chi connectivity index (χ3n) is 2.62. The highest BCUT2D eigenvalue weighted by atomic mass is 35.5. The minimum absolute atomic E-state index is 0.189. The molecule has 0 spiro atoms. The lowest BCUT2D eigenvalue weighted by Crippen LogP contribution is -2.15. The number of anilines is 1. The first-order valence-electron chi connectivity index (χ1n) is 5.15. The molecule has 0 atom stereocenters. The zero-order chi connectivity index (χ0) is 11.5. The SMILES string of the molecule is CC1=C(Nc2nccnc2Cl)CCCC1=O. The zero-order valence-electron chi connectivity index (χ0n) is 8.96. The zero-order valence-corrected chi connectivity index (χ0v) is 9.71. The first-order valence-corrected chi connectivity index (χ1v) is 5.53. The molecule has 84 valence electrons. The number of nitrogens with zero attached hydrogens (tertiary/aromatic N) is 2. The van der Waals surface area contributed by atoms with Crippen LogP contribution in [0.1, 0.15) is 26.2 Å². The normalized spacial score (nSPS) is 16.5. The highest BCUT2D eigenvalue weighted by Crippen LogP contribution is 2.24. The lowest BCUT2D eigenvalue weighted by molar-refractivity contribution is -0.116. The maximum Gasteiger partial charge on any atom is 0.171 e. The molecule has 1 heterocycles. The van der Waals surface area contributed by atoms with Gasteiger partial charge in [-0.3, -0.25) is 4.79 Å². The van der Waals surface area contributed by atoms with Crippen LogP contribution in [-0.4, -0.2) is 15.8 Å². The summed E-state index contributed by atoms with van der Waals surface area (Å²) in [6.07, 6.45) is 5.45. The smallest absolute Gasteiger partial charge is 0.171 e. The van der Waals surface area contributed by atoms with Gasteiger partial charge in [0.2, 0.25) is 0 Å². The molecule has 5 heteroatoms. The largest absolute Gasteiger partial charge is 0.341 e. The lowest BCUT2D eigenvalue weighted by atomic mass is 9.96. The van der Waals surface area contributed by atoms with Gasteiger partial charge in [0.05, 0.1) is 0 Å². The maximum absolute atomic E-state index is 11.5. The fourth-order valence-electron chi connectivity index (χ4n) is 1.67. The molecule has 1 aliphatic rings. The van der Waals surface area contributed by atoms with E-state index in [1.165, 1.54) is 6.20 Å². The highest BCUT2D eigenvalue weighted by molar-refractivity contribution is 6.31. The van der Waals surface area contributed by atoms with Crippen LogP contribution in [0.25, 0.3) is 0 Å². The van der Waals surface area contributed by atoms with Gasteiger partial charge in [-0.1, -0.05) is 11.6 Å². The molecule has 1 aromatic rings. The number of nitrogens with one attached hydrogen (secondary N) is 1. The third-order valence-corrected chi connectivity index (χ3v) is 2.90. The number of carbonyl (C=O) groups is 1. The Morgan fingerprint density at radius 1 is 1.31 bits per heavy atom. The Kier molecular flexibility index (Phi) is 3.19. The Balaban J connectivity index is 2.25. The molecular formula is C11H12ClN3O. The fraction of sp³-hybridized carbons (Fsp3) is 0.364. The van der Waals surface area contributed by atoms with Crippen molar-refractivity contribution in [3.63, 3.8) is 0 Å². The number of hydrogen-bond acceptors (Lipinski definition) is 4. The molecule has 0 radical (unpaired) electrons. The number of allylic oxidation sites excluding steroid dienone is 2. The molecule has 0 amide bonds. The molecule has 0 bridgehead atoms. The van der Waals surface area contributed by atoms with Crippen LogP contribution in [0, 0.1) is 0 Å². The summed E-state index contributed by atoms with van der Waals surface area (Å²) < 4.78 is 0. The van der Waals surface area contributed by atoms with Gasteiger partial charge in [0.25, 0.3) is 0 Å². The molecular weight excluding hydrogens is 226 g/mol. The van der Waals surface area contributed by atoms with Crippen molar-refractivity contribution in [3.8, 4) is 0 Å². The molecule has 2 rings (SSSR count). The molecule has 0 saturated carbocycles. The average Bonchev–Trinajstić information content (AvgIpc) is 2.28. The third kappa shape index (κ3) is 2.22. The molecule has 0 unspecified atom stereocenters. The maximum atomic E-state index is 11.5. The summed E-state index contributed by atoms with van der Waals surface area (Å²) >= 11 is 5.88. The van der Waals surface area contributed by atoms with E-state index in [1.54, 1.807) is 6.20 Å². The summed E-state index contributed by atoms with van der Waals surface area (Å²) in [6.45, 7) is 1.83. The molecule has 1 aliphatic carbocycles. The number of aromatic nitrogens is 2. The van der Waals surface area contributed by atoms with Gasteiger partial charge in [-0.25, -0.2) is 9.97 Å². The van der Waals surface area contributed by atoms with Crippen molar-refractivity contribution in [1.82, 2.24) is 9.97 Å². The van der Waals surface area contributed by atoms with Gasteiger partial charge in [-0.05, 0) is 19.8 Å². The number of carbonyl (C=O) groups excluding carboxylic acids is 1. The second kappa shape index (κ2) is 4.61. The molecule has 16 heavy (non-hydrogen) atoms. The van der Waals surface area contributed by atoms with Crippen molar-refractivity contribution in [2.45, 2.75) is 26.2 Å². The predicted octanol–water partition coefficient (Wildman–Crippen LogP) is 2.57. The monoisotopic (exact) mass is 237 g/mol. The predicted molar refractivity (Wildman–Crippen MR) is 62.2 cm³/mol. The van der Waals surface area contributed by atoms with Gasteiger partial charge in [-0.2, -0.15) is 0 Å². The number of halogens is 1. The standard InChI is InChI=1S/C11H12ClN3O/c1-7-8(3-2-4-9(7)16)15-11-10(12)13-5-6-14-11/h5-6H,2-4H2,1H3,(H,14,15). The Morgan fingerprint density at radius 3 is 2.81 bits per heavy atom. The van der Waals surface area contributed by atoms with E-state index in [1.807, 2.05) is 6.92 Å². The van der Waals surface area contributed by atoms with E-state index in [9.17, 15) is 4.79 Å². The van der Waals surface area contributed by atoms with Gasteiger partial charge in [0.15, 0.2) is 16.8 Å². The second-order valence-corrected chi connectivity index (χ2v) is 4.06. The summed E-state index contributed by atoms with van der Waals surface area (Å²) in [4.78, 5) is 19.5. The number of rotatable bonds is 2. The summed E-state index contributed by atoms with van der Waals surface area (Å²) in [5.74, 6) is 0.696.